The van der Waals surface area contributed by atoms with E-state index in [0.717, 1.165) is 22.5 Å². The third-order valence-electron chi connectivity index (χ3n) is 6.33. The zero-order valence-electron chi connectivity index (χ0n) is 15.7. The van der Waals surface area contributed by atoms with Crippen LogP contribution >= 0.6 is 11.6 Å². The molecule has 2 nitrogen and oxygen atoms in total. The lowest BCUT2D eigenvalue weighted by Crippen LogP contribution is -2.21. The minimum Gasteiger partial charge on any atom is -0.218 e. The van der Waals surface area contributed by atoms with Gasteiger partial charge < -0.3 is 0 Å². The van der Waals surface area contributed by atoms with Crippen LogP contribution in [0, 0.1) is 11.8 Å². The number of fused-ring (bicyclic) bond motifs is 7. The van der Waals surface area contributed by atoms with Gasteiger partial charge in [-0.1, -0.05) is 91.1 Å². The van der Waals surface area contributed by atoms with Crippen molar-refractivity contribution in [1.29, 1.82) is 0 Å². The van der Waals surface area contributed by atoms with E-state index < -0.39 is 0 Å². The number of hydrogen-bond acceptors (Lipinski definition) is 2. The van der Waals surface area contributed by atoms with E-state index in [1.54, 1.807) is 0 Å². The first-order valence-electron chi connectivity index (χ1n) is 10.1. The van der Waals surface area contributed by atoms with E-state index in [1.165, 1.54) is 11.1 Å². The third kappa shape index (κ3) is 2.63. The Labute approximate surface area is 175 Å². The summed E-state index contributed by atoms with van der Waals surface area (Å²) in [6.07, 6.45) is 24.4. The molecule has 0 saturated heterocycles. The van der Waals surface area contributed by atoms with Crippen molar-refractivity contribution in [2.45, 2.75) is 11.8 Å². The van der Waals surface area contributed by atoms with Gasteiger partial charge in [-0.25, -0.2) is 9.97 Å². The summed E-state index contributed by atoms with van der Waals surface area (Å²) in [5.74, 6) is 1.29. The number of nitrogens with zero attached hydrogens (tertiary/aromatic N) is 2. The Balaban J connectivity index is 1.59. The zero-order valence-corrected chi connectivity index (χ0v) is 16.5. The third-order valence-corrected chi connectivity index (χ3v) is 6.50. The maximum atomic E-state index is 6.45. The Kier molecular flexibility index (Phi) is 3.82. The van der Waals surface area contributed by atoms with Crippen LogP contribution in [0.15, 0.2) is 91.1 Å². The van der Waals surface area contributed by atoms with Gasteiger partial charge in [-0.05, 0) is 22.7 Å². The summed E-state index contributed by atoms with van der Waals surface area (Å²) in [5, 5.41) is 0.304. The summed E-state index contributed by atoms with van der Waals surface area (Å²) < 4.78 is 0. The Morgan fingerprint density at radius 2 is 1.45 bits per heavy atom. The molecule has 0 spiro atoms. The van der Waals surface area contributed by atoms with Gasteiger partial charge in [0.25, 0.3) is 0 Å². The Morgan fingerprint density at radius 3 is 2.34 bits per heavy atom. The van der Waals surface area contributed by atoms with Crippen LogP contribution in [0.2, 0.25) is 5.28 Å². The van der Waals surface area contributed by atoms with Gasteiger partial charge in [-0.15, -0.1) is 0 Å². The zero-order chi connectivity index (χ0) is 19.4. The number of hydrogen-bond donors (Lipinski definition) is 0. The van der Waals surface area contributed by atoms with Gasteiger partial charge in [0, 0.05) is 34.8 Å². The molecule has 1 aromatic heterocycles. The molecule has 6 rings (SSSR count). The lowest BCUT2D eigenvalue weighted by Gasteiger charge is -2.34. The molecular formula is C26H19ClN2. The summed E-state index contributed by atoms with van der Waals surface area (Å²) in [4.78, 5) is 9.45. The molecule has 0 amide bonds. The fourth-order valence-corrected chi connectivity index (χ4v) is 5.17. The highest BCUT2D eigenvalue weighted by Crippen LogP contribution is 2.51. The molecule has 0 bridgehead atoms. The van der Waals surface area contributed by atoms with Gasteiger partial charge in [-0.2, -0.15) is 0 Å². The molecule has 1 heterocycles. The molecule has 3 heteroatoms. The van der Waals surface area contributed by atoms with Crippen molar-refractivity contribution in [2.24, 2.45) is 11.8 Å². The highest BCUT2D eigenvalue weighted by atomic mass is 35.5. The summed E-state index contributed by atoms with van der Waals surface area (Å²) in [5.41, 5.74) is 6.71. The molecule has 4 atom stereocenters. The Hall–Kier alpha value is -2.97. The maximum absolute atomic E-state index is 6.45. The second-order valence-corrected chi connectivity index (χ2v) is 8.26. The Morgan fingerprint density at radius 1 is 0.724 bits per heavy atom. The molecule has 0 saturated carbocycles. The highest BCUT2D eigenvalue weighted by molar-refractivity contribution is 6.28. The largest absolute Gasteiger partial charge is 0.223 e. The molecule has 1 aromatic carbocycles. The monoisotopic (exact) mass is 394 g/mol. The number of aromatic nitrogens is 2. The molecule has 0 N–H and O–H groups in total. The predicted molar refractivity (Wildman–Crippen MR) is 119 cm³/mol. The van der Waals surface area contributed by atoms with Crippen molar-refractivity contribution < 1.29 is 0 Å². The summed E-state index contributed by atoms with van der Waals surface area (Å²) in [6.45, 7) is 0. The fourth-order valence-electron chi connectivity index (χ4n) is 5.00. The molecule has 4 aliphatic carbocycles. The van der Waals surface area contributed by atoms with Crippen LogP contribution in [-0.4, -0.2) is 9.97 Å². The topological polar surface area (TPSA) is 25.8 Å². The van der Waals surface area contributed by atoms with Crippen molar-refractivity contribution in [3.05, 3.63) is 113 Å². The minimum atomic E-state index is 0.214. The summed E-state index contributed by atoms with van der Waals surface area (Å²) >= 11 is 6.45. The normalized spacial score (nSPS) is 27.7. The first-order valence-corrected chi connectivity index (χ1v) is 10.4. The molecule has 2 aromatic rings. The molecule has 0 aliphatic heterocycles. The number of rotatable bonds is 1. The molecule has 140 valence electrons. The van der Waals surface area contributed by atoms with E-state index in [1.807, 2.05) is 0 Å². The van der Waals surface area contributed by atoms with Gasteiger partial charge in [0.05, 0.1) is 11.4 Å². The molecule has 0 radical (unpaired) electrons. The van der Waals surface area contributed by atoms with Crippen LogP contribution < -0.4 is 0 Å². The van der Waals surface area contributed by atoms with Gasteiger partial charge in [0.15, 0.2) is 0 Å². The SMILES string of the molecule is Clc1nc(C2=CC3C=CC=CC3C=C2)c2c(n1)-c1ccccc1C1C=CC=CC21. The van der Waals surface area contributed by atoms with Crippen molar-refractivity contribution in [3.8, 4) is 11.3 Å². The van der Waals surface area contributed by atoms with E-state index in [2.05, 4.69) is 91.1 Å². The first kappa shape index (κ1) is 16.9. The van der Waals surface area contributed by atoms with E-state index in [0.29, 0.717) is 23.0 Å². The average molecular weight is 395 g/mol. The van der Waals surface area contributed by atoms with Crippen LogP contribution in [0.4, 0.5) is 0 Å². The summed E-state index contributed by atoms with van der Waals surface area (Å²) in [6, 6.07) is 8.54. The van der Waals surface area contributed by atoms with E-state index in [9.17, 15) is 0 Å². The average Bonchev–Trinajstić information content (AvgIpc) is 2.78. The second kappa shape index (κ2) is 6.53. The number of benzene rings is 1. The van der Waals surface area contributed by atoms with Crippen LogP contribution in [0.1, 0.15) is 28.7 Å². The molecule has 29 heavy (non-hydrogen) atoms. The lowest BCUT2D eigenvalue weighted by molar-refractivity contribution is 0.661. The first-order chi connectivity index (χ1) is 14.3. The van der Waals surface area contributed by atoms with Crippen molar-refractivity contribution >= 4 is 17.2 Å². The van der Waals surface area contributed by atoms with Crippen LogP contribution in [0.3, 0.4) is 0 Å². The van der Waals surface area contributed by atoms with Crippen LogP contribution in [-0.2, 0) is 0 Å². The number of allylic oxidation sites excluding steroid dienone is 12. The van der Waals surface area contributed by atoms with Gasteiger partial charge in [0.2, 0.25) is 5.28 Å². The Bertz CT molecular complexity index is 1200. The molecule has 0 fully saturated rings. The molecule has 4 aliphatic rings. The minimum absolute atomic E-state index is 0.214. The number of halogens is 1. The highest BCUT2D eigenvalue weighted by Gasteiger charge is 2.36. The van der Waals surface area contributed by atoms with Gasteiger partial charge in [-0.3, -0.25) is 0 Å². The molecule has 4 unspecified atom stereocenters. The van der Waals surface area contributed by atoms with E-state index in [4.69, 9.17) is 21.6 Å². The standard InChI is InChI=1S/C26H19ClN2/c27-26-28-24(18-14-13-16-7-1-2-8-17(16)15-18)23-21-11-5-3-9-19(21)20-10-4-6-12-22(20)25(23)29-26/h1-17,19,21H. The van der Waals surface area contributed by atoms with Crippen LogP contribution in [0.5, 0.6) is 0 Å². The maximum Gasteiger partial charge on any atom is 0.223 e. The van der Waals surface area contributed by atoms with E-state index >= 15 is 0 Å². The van der Waals surface area contributed by atoms with Gasteiger partial charge >= 0.3 is 0 Å². The van der Waals surface area contributed by atoms with Crippen LogP contribution in [0.25, 0.3) is 16.8 Å². The quantitative estimate of drug-likeness (QED) is 0.522. The fraction of sp³-hybridized carbons (Fsp3) is 0.154. The van der Waals surface area contributed by atoms with Crippen molar-refractivity contribution in [2.75, 3.05) is 0 Å². The lowest BCUT2D eigenvalue weighted by atomic mass is 9.70. The molecular weight excluding hydrogens is 376 g/mol. The second-order valence-electron chi connectivity index (χ2n) is 7.92. The van der Waals surface area contributed by atoms with Crippen molar-refractivity contribution in [1.82, 2.24) is 9.97 Å². The van der Waals surface area contributed by atoms with Gasteiger partial charge in [0.1, 0.15) is 0 Å². The van der Waals surface area contributed by atoms with Crippen molar-refractivity contribution in [3.63, 3.8) is 0 Å². The summed E-state index contributed by atoms with van der Waals surface area (Å²) in [7, 11) is 0. The predicted octanol–water partition coefficient (Wildman–Crippen LogP) is 6.42. The van der Waals surface area contributed by atoms with E-state index in [-0.39, 0.29) is 5.92 Å². The smallest absolute Gasteiger partial charge is 0.218 e.